The van der Waals surface area contributed by atoms with E-state index >= 15 is 0 Å². The van der Waals surface area contributed by atoms with Crippen LogP contribution in [-0.2, 0) is 6.42 Å². The highest BCUT2D eigenvalue weighted by Gasteiger charge is 2.03. The Hall–Kier alpha value is -1.39. The first-order chi connectivity index (χ1) is 9.19. The number of aryl methyl sites for hydroxylation is 1. The molecule has 0 saturated carbocycles. The fourth-order valence-corrected chi connectivity index (χ4v) is 2.27. The smallest absolute Gasteiger partial charge is 0.104 e. The van der Waals surface area contributed by atoms with Gasteiger partial charge in [-0.15, -0.1) is 0 Å². The molecule has 0 bridgehead atoms. The molecule has 2 aromatic rings. The maximum absolute atomic E-state index is 8.76. The predicted octanol–water partition coefficient (Wildman–Crippen LogP) is 2.12. The quantitative estimate of drug-likeness (QED) is 0.751. The average Bonchev–Trinajstić information content (AvgIpc) is 2.76. The molecular formula is C15H23N3O. The second-order valence-corrected chi connectivity index (χ2v) is 5.16. The molecule has 2 rings (SSSR count). The van der Waals surface area contributed by atoms with Gasteiger partial charge < -0.3 is 15.0 Å². The Morgan fingerprint density at radius 3 is 2.89 bits per heavy atom. The average molecular weight is 261 g/mol. The van der Waals surface area contributed by atoms with Crippen LogP contribution in [0, 0.1) is 6.92 Å². The summed E-state index contributed by atoms with van der Waals surface area (Å²) in [5.41, 5.74) is 3.50. The number of aliphatic hydroxyl groups excluding tert-OH is 1. The SMILES string of the molecule is Cc1nc2ccc(CCN(C)CCCCO)cc2[nH]1. The van der Waals surface area contributed by atoms with Crippen LogP contribution in [0.15, 0.2) is 18.2 Å². The molecule has 0 atom stereocenters. The zero-order valence-corrected chi connectivity index (χ0v) is 11.8. The van der Waals surface area contributed by atoms with E-state index < -0.39 is 0 Å². The number of H-pyrrole nitrogens is 1. The molecule has 4 heteroatoms. The maximum Gasteiger partial charge on any atom is 0.104 e. The first-order valence-electron chi connectivity index (χ1n) is 6.93. The predicted molar refractivity (Wildman–Crippen MR) is 78.4 cm³/mol. The highest BCUT2D eigenvalue weighted by Crippen LogP contribution is 2.14. The van der Waals surface area contributed by atoms with Gasteiger partial charge in [-0.2, -0.15) is 0 Å². The first kappa shape index (κ1) is 14.0. The van der Waals surface area contributed by atoms with Gasteiger partial charge in [-0.05, 0) is 57.5 Å². The molecule has 0 spiro atoms. The van der Waals surface area contributed by atoms with Crippen molar-refractivity contribution in [3.05, 3.63) is 29.6 Å². The number of fused-ring (bicyclic) bond motifs is 1. The lowest BCUT2D eigenvalue weighted by Crippen LogP contribution is -2.22. The fourth-order valence-electron chi connectivity index (χ4n) is 2.27. The molecule has 104 valence electrons. The van der Waals surface area contributed by atoms with E-state index in [0.717, 1.165) is 49.2 Å². The minimum Gasteiger partial charge on any atom is -0.396 e. The molecule has 0 aliphatic heterocycles. The molecule has 1 heterocycles. The van der Waals surface area contributed by atoms with E-state index in [1.807, 2.05) is 6.92 Å². The molecule has 1 aromatic heterocycles. The van der Waals surface area contributed by atoms with E-state index in [0.29, 0.717) is 6.61 Å². The van der Waals surface area contributed by atoms with Gasteiger partial charge in [0.25, 0.3) is 0 Å². The number of aromatic nitrogens is 2. The van der Waals surface area contributed by atoms with Crippen molar-refractivity contribution in [3.63, 3.8) is 0 Å². The van der Waals surface area contributed by atoms with Crippen molar-refractivity contribution in [2.24, 2.45) is 0 Å². The summed E-state index contributed by atoms with van der Waals surface area (Å²) >= 11 is 0. The molecule has 1 aromatic carbocycles. The minimum absolute atomic E-state index is 0.295. The molecule has 0 fully saturated rings. The van der Waals surface area contributed by atoms with Crippen LogP contribution in [0.3, 0.4) is 0 Å². The number of aromatic amines is 1. The zero-order chi connectivity index (χ0) is 13.7. The summed E-state index contributed by atoms with van der Waals surface area (Å²) in [6.07, 6.45) is 3.00. The Morgan fingerprint density at radius 2 is 2.11 bits per heavy atom. The summed E-state index contributed by atoms with van der Waals surface area (Å²) < 4.78 is 0. The molecule has 0 saturated heterocycles. The topological polar surface area (TPSA) is 52.1 Å². The molecule has 2 N–H and O–H groups in total. The molecule has 19 heavy (non-hydrogen) atoms. The molecule has 0 unspecified atom stereocenters. The molecule has 0 radical (unpaired) electrons. The fraction of sp³-hybridized carbons (Fsp3) is 0.533. The number of rotatable bonds is 7. The van der Waals surface area contributed by atoms with Crippen LogP contribution in [0.1, 0.15) is 24.2 Å². The lowest BCUT2D eigenvalue weighted by atomic mass is 10.1. The van der Waals surface area contributed by atoms with Crippen LogP contribution >= 0.6 is 0 Å². The number of likely N-dealkylation sites (N-methyl/N-ethyl adjacent to an activating group) is 1. The van der Waals surface area contributed by atoms with Crippen molar-refractivity contribution in [1.29, 1.82) is 0 Å². The van der Waals surface area contributed by atoms with E-state index in [2.05, 4.69) is 40.1 Å². The van der Waals surface area contributed by atoms with Crippen LogP contribution in [0.4, 0.5) is 0 Å². The number of hydrogen-bond donors (Lipinski definition) is 2. The van der Waals surface area contributed by atoms with E-state index in [1.54, 1.807) is 0 Å². The van der Waals surface area contributed by atoms with Gasteiger partial charge in [-0.3, -0.25) is 0 Å². The van der Waals surface area contributed by atoms with Gasteiger partial charge in [0.1, 0.15) is 5.82 Å². The second-order valence-electron chi connectivity index (χ2n) is 5.16. The molecule has 0 aliphatic rings. The Bertz CT molecular complexity index is 521. The second kappa shape index (κ2) is 6.68. The van der Waals surface area contributed by atoms with Crippen LogP contribution in [0.2, 0.25) is 0 Å². The van der Waals surface area contributed by atoms with Crippen LogP contribution in [0.5, 0.6) is 0 Å². The van der Waals surface area contributed by atoms with Gasteiger partial charge in [0.05, 0.1) is 11.0 Å². The van der Waals surface area contributed by atoms with Crippen LogP contribution in [0.25, 0.3) is 11.0 Å². The number of aliphatic hydroxyl groups is 1. The number of hydrogen-bond acceptors (Lipinski definition) is 3. The summed E-state index contributed by atoms with van der Waals surface area (Å²) in [4.78, 5) is 10.0. The van der Waals surface area contributed by atoms with E-state index in [1.165, 1.54) is 5.56 Å². The minimum atomic E-state index is 0.295. The van der Waals surface area contributed by atoms with Crippen LogP contribution < -0.4 is 0 Å². The number of unbranched alkanes of at least 4 members (excludes halogenated alkanes) is 1. The van der Waals surface area contributed by atoms with Gasteiger partial charge in [0.2, 0.25) is 0 Å². The molecule has 0 amide bonds. The maximum atomic E-state index is 8.76. The van der Waals surface area contributed by atoms with Crippen molar-refractivity contribution in [2.75, 3.05) is 26.7 Å². The molecule has 4 nitrogen and oxygen atoms in total. The number of nitrogens with zero attached hydrogens (tertiary/aromatic N) is 2. The van der Waals surface area contributed by atoms with Crippen molar-refractivity contribution in [3.8, 4) is 0 Å². The third-order valence-electron chi connectivity index (χ3n) is 3.39. The summed E-state index contributed by atoms with van der Waals surface area (Å²) in [6.45, 7) is 4.37. The lowest BCUT2D eigenvalue weighted by Gasteiger charge is -2.16. The standard InChI is InChI=1S/C15H23N3O/c1-12-16-14-6-5-13(11-15(14)17-12)7-9-18(2)8-3-4-10-19/h5-6,11,19H,3-4,7-10H2,1-2H3,(H,16,17). The van der Waals surface area contributed by atoms with Crippen molar-refractivity contribution >= 4 is 11.0 Å². The van der Waals surface area contributed by atoms with Gasteiger partial charge in [0, 0.05) is 13.2 Å². The van der Waals surface area contributed by atoms with E-state index in [9.17, 15) is 0 Å². The van der Waals surface area contributed by atoms with Gasteiger partial charge >= 0.3 is 0 Å². The summed E-state index contributed by atoms with van der Waals surface area (Å²) in [7, 11) is 2.14. The van der Waals surface area contributed by atoms with Crippen molar-refractivity contribution in [1.82, 2.24) is 14.9 Å². The van der Waals surface area contributed by atoms with Crippen LogP contribution in [-0.4, -0.2) is 46.7 Å². The highest BCUT2D eigenvalue weighted by molar-refractivity contribution is 5.75. The normalized spacial score (nSPS) is 11.6. The molecule has 0 aliphatic carbocycles. The highest BCUT2D eigenvalue weighted by atomic mass is 16.2. The largest absolute Gasteiger partial charge is 0.396 e. The van der Waals surface area contributed by atoms with E-state index in [4.69, 9.17) is 5.11 Å². The number of imidazole rings is 1. The Kier molecular flexibility index (Phi) is 4.93. The van der Waals surface area contributed by atoms with Crippen molar-refractivity contribution < 1.29 is 5.11 Å². The summed E-state index contributed by atoms with van der Waals surface area (Å²) in [5.74, 6) is 0.966. The Labute approximate surface area is 114 Å². The third-order valence-corrected chi connectivity index (χ3v) is 3.39. The summed E-state index contributed by atoms with van der Waals surface area (Å²) in [6, 6.07) is 6.43. The Morgan fingerprint density at radius 1 is 1.26 bits per heavy atom. The third kappa shape index (κ3) is 4.04. The van der Waals surface area contributed by atoms with E-state index in [-0.39, 0.29) is 0 Å². The lowest BCUT2D eigenvalue weighted by molar-refractivity contribution is 0.264. The molecular weight excluding hydrogens is 238 g/mol. The van der Waals surface area contributed by atoms with Crippen molar-refractivity contribution in [2.45, 2.75) is 26.2 Å². The number of nitrogens with one attached hydrogen (secondary N) is 1. The number of benzene rings is 1. The summed E-state index contributed by atoms with van der Waals surface area (Å²) in [5, 5.41) is 8.76. The Balaban J connectivity index is 1.87. The van der Waals surface area contributed by atoms with Gasteiger partial charge in [0.15, 0.2) is 0 Å². The monoisotopic (exact) mass is 261 g/mol. The first-order valence-corrected chi connectivity index (χ1v) is 6.93. The zero-order valence-electron chi connectivity index (χ0n) is 11.8. The van der Waals surface area contributed by atoms with Gasteiger partial charge in [-0.25, -0.2) is 4.98 Å². The van der Waals surface area contributed by atoms with Gasteiger partial charge in [-0.1, -0.05) is 6.07 Å².